The van der Waals surface area contributed by atoms with Gasteiger partial charge in [0.05, 0.1) is 18.7 Å². The molecule has 0 aromatic heterocycles. The minimum absolute atomic E-state index is 0.0528. The topological polar surface area (TPSA) is 36.0 Å². The normalized spacial score (nSPS) is 20.3. The van der Waals surface area contributed by atoms with Crippen molar-refractivity contribution in [3.05, 3.63) is 59.9 Å². The summed E-state index contributed by atoms with van der Waals surface area (Å²) in [4.78, 5) is 19.8. The molecule has 2 aromatic rings. The number of likely N-dealkylation sites (tertiary alicyclic amines) is 1. The van der Waals surface area contributed by atoms with Crippen molar-refractivity contribution in [3.63, 3.8) is 0 Å². The molecule has 2 fully saturated rings. The summed E-state index contributed by atoms with van der Waals surface area (Å²) in [6, 6.07) is 14.7. The van der Waals surface area contributed by atoms with Crippen LogP contribution in [0.3, 0.4) is 0 Å². The van der Waals surface area contributed by atoms with Gasteiger partial charge in [0.15, 0.2) is 0 Å². The van der Waals surface area contributed by atoms with Crippen molar-refractivity contribution in [1.29, 1.82) is 0 Å². The standard InChI is InChI=1S/C24H30FN3O2/c1-30-23-7-3-2-6-22(23)27-13-15-28(16-14-27)24(29)20-5-4-12-26(18-20)17-19-8-10-21(25)11-9-19/h2-3,6-11,20H,4-5,12-18H2,1H3. The molecule has 0 bridgehead atoms. The highest BCUT2D eigenvalue weighted by Gasteiger charge is 2.31. The van der Waals surface area contributed by atoms with Gasteiger partial charge in [0, 0.05) is 39.3 Å². The average molecular weight is 412 g/mol. The molecule has 2 aromatic carbocycles. The maximum absolute atomic E-state index is 13.2. The number of ether oxygens (including phenoxy) is 1. The van der Waals surface area contributed by atoms with E-state index >= 15 is 0 Å². The molecule has 30 heavy (non-hydrogen) atoms. The summed E-state index contributed by atoms with van der Waals surface area (Å²) in [7, 11) is 1.69. The first-order valence-corrected chi connectivity index (χ1v) is 10.8. The lowest BCUT2D eigenvalue weighted by molar-refractivity contribution is -0.137. The van der Waals surface area contributed by atoms with E-state index in [9.17, 15) is 9.18 Å². The Kier molecular flexibility index (Phi) is 6.53. The van der Waals surface area contributed by atoms with Crippen molar-refractivity contribution >= 4 is 11.6 Å². The van der Waals surface area contributed by atoms with Gasteiger partial charge in [-0.15, -0.1) is 0 Å². The predicted octanol–water partition coefficient (Wildman–Crippen LogP) is 3.40. The Morgan fingerprint density at radius 3 is 2.50 bits per heavy atom. The van der Waals surface area contributed by atoms with Crippen LogP contribution in [0.25, 0.3) is 0 Å². The van der Waals surface area contributed by atoms with Crippen molar-refractivity contribution in [2.75, 3.05) is 51.3 Å². The third kappa shape index (κ3) is 4.75. The van der Waals surface area contributed by atoms with Gasteiger partial charge in [-0.1, -0.05) is 24.3 Å². The van der Waals surface area contributed by atoms with Gasteiger partial charge in [0.2, 0.25) is 5.91 Å². The van der Waals surface area contributed by atoms with Crippen molar-refractivity contribution < 1.29 is 13.9 Å². The minimum atomic E-state index is -0.210. The Labute approximate surface area is 178 Å². The summed E-state index contributed by atoms with van der Waals surface area (Å²) < 4.78 is 18.6. The first-order valence-electron chi connectivity index (χ1n) is 10.8. The third-order valence-electron chi connectivity index (χ3n) is 6.19. The summed E-state index contributed by atoms with van der Waals surface area (Å²) >= 11 is 0. The number of methoxy groups -OCH3 is 1. The second-order valence-electron chi connectivity index (χ2n) is 8.18. The third-order valence-corrected chi connectivity index (χ3v) is 6.19. The lowest BCUT2D eigenvalue weighted by Crippen LogP contribution is -2.52. The Bertz CT molecular complexity index is 850. The molecule has 0 saturated carbocycles. The van der Waals surface area contributed by atoms with Gasteiger partial charge in [-0.05, 0) is 49.2 Å². The highest BCUT2D eigenvalue weighted by Crippen LogP contribution is 2.29. The zero-order valence-electron chi connectivity index (χ0n) is 17.6. The molecule has 6 heteroatoms. The molecule has 1 atom stereocenters. The molecule has 0 N–H and O–H groups in total. The number of hydrogen-bond acceptors (Lipinski definition) is 4. The minimum Gasteiger partial charge on any atom is -0.495 e. The highest BCUT2D eigenvalue weighted by molar-refractivity contribution is 5.79. The molecule has 2 heterocycles. The first kappa shape index (κ1) is 20.7. The fraction of sp³-hybridized carbons (Fsp3) is 0.458. The smallest absolute Gasteiger partial charge is 0.227 e. The molecule has 1 amide bonds. The number of rotatable bonds is 5. The summed E-state index contributed by atoms with van der Waals surface area (Å²) in [5.41, 5.74) is 2.19. The van der Waals surface area contributed by atoms with Crippen LogP contribution in [-0.4, -0.2) is 62.1 Å². The van der Waals surface area contributed by atoms with Crippen LogP contribution in [0.2, 0.25) is 0 Å². The molecule has 0 aliphatic carbocycles. The number of carbonyl (C=O) groups is 1. The van der Waals surface area contributed by atoms with E-state index in [1.165, 1.54) is 12.1 Å². The number of hydrogen-bond donors (Lipinski definition) is 0. The lowest BCUT2D eigenvalue weighted by Gasteiger charge is -2.40. The van der Waals surface area contributed by atoms with Gasteiger partial charge in [-0.3, -0.25) is 9.69 Å². The molecule has 2 aliphatic heterocycles. The summed E-state index contributed by atoms with van der Waals surface area (Å²) in [5, 5.41) is 0. The largest absolute Gasteiger partial charge is 0.495 e. The molecule has 0 radical (unpaired) electrons. The van der Waals surface area contributed by atoms with Crippen LogP contribution in [0.15, 0.2) is 48.5 Å². The number of piperazine rings is 1. The molecule has 1 unspecified atom stereocenters. The highest BCUT2D eigenvalue weighted by atomic mass is 19.1. The Morgan fingerprint density at radius 1 is 1.03 bits per heavy atom. The van der Waals surface area contributed by atoms with Crippen molar-refractivity contribution in [1.82, 2.24) is 9.80 Å². The number of benzene rings is 2. The van der Waals surface area contributed by atoms with Gasteiger partial charge < -0.3 is 14.5 Å². The van der Waals surface area contributed by atoms with Gasteiger partial charge in [0.1, 0.15) is 11.6 Å². The zero-order valence-corrected chi connectivity index (χ0v) is 17.6. The molecule has 0 spiro atoms. The van der Waals surface area contributed by atoms with E-state index in [1.54, 1.807) is 7.11 Å². The van der Waals surface area contributed by atoms with E-state index in [1.807, 2.05) is 35.2 Å². The molecule has 2 saturated heterocycles. The van der Waals surface area contributed by atoms with Gasteiger partial charge >= 0.3 is 0 Å². The molecular formula is C24H30FN3O2. The number of halogens is 1. The van der Waals surface area contributed by atoms with Gasteiger partial charge in [-0.2, -0.15) is 0 Å². The monoisotopic (exact) mass is 411 g/mol. The van der Waals surface area contributed by atoms with E-state index in [2.05, 4.69) is 15.9 Å². The predicted molar refractivity (Wildman–Crippen MR) is 116 cm³/mol. The molecule has 160 valence electrons. The number of carbonyl (C=O) groups excluding carboxylic acids is 1. The van der Waals surface area contributed by atoms with E-state index in [4.69, 9.17) is 4.74 Å². The van der Waals surface area contributed by atoms with E-state index in [0.717, 1.165) is 75.7 Å². The van der Waals surface area contributed by atoms with Crippen LogP contribution in [0.1, 0.15) is 18.4 Å². The maximum atomic E-state index is 13.2. The quantitative estimate of drug-likeness (QED) is 0.756. The van der Waals surface area contributed by atoms with E-state index in [0.29, 0.717) is 0 Å². The van der Waals surface area contributed by atoms with Crippen molar-refractivity contribution in [2.24, 2.45) is 5.92 Å². The fourth-order valence-corrected chi connectivity index (χ4v) is 4.57. The van der Waals surface area contributed by atoms with Crippen molar-refractivity contribution in [2.45, 2.75) is 19.4 Å². The molecule has 4 rings (SSSR count). The van der Waals surface area contributed by atoms with Crippen molar-refractivity contribution in [3.8, 4) is 5.75 Å². The van der Waals surface area contributed by atoms with Crippen LogP contribution in [0.5, 0.6) is 5.75 Å². The SMILES string of the molecule is COc1ccccc1N1CCN(C(=O)C2CCCN(Cc3ccc(F)cc3)C2)CC1. The van der Waals surface area contributed by atoms with E-state index < -0.39 is 0 Å². The molecular weight excluding hydrogens is 381 g/mol. The maximum Gasteiger partial charge on any atom is 0.227 e. The summed E-state index contributed by atoms with van der Waals surface area (Å²) in [5.74, 6) is 0.995. The number of anilines is 1. The van der Waals surface area contributed by atoms with Crippen LogP contribution in [0.4, 0.5) is 10.1 Å². The Hall–Kier alpha value is -2.60. The summed E-state index contributed by atoms with van der Waals surface area (Å²) in [6.45, 7) is 5.66. The average Bonchev–Trinajstić information content (AvgIpc) is 2.80. The Balaban J connectivity index is 1.32. The molecule has 5 nitrogen and oxygen atoms in total. The number of nitrogens with zero attached hydrogens (tertiary/aromatic N) is 3. The first-order chi connectivity index (χ1) is 14.6. The van der Waals surface area contributed by atoms with E-state index in [-0.39, 0.29) is 17.6 Å². The molecule has 2 aliphatic rings. The number of para-hydroxylation sites is 2. The summed E-state index contributed by atoms with van der Waals surface area (Å²) in [6.07, 6.45) is 1.98. The van der Waals surface area contributed by atoms with Crippen LogP contribution >= 0.6 is 0 Å². The lowest BCUT2D eigenvalue weighted by atomic mass is 9.95. The second kappa shape index (κ2) is 9.47. The zero-order chi connectivity index (χ0) is 20.9. The Morgan fingerprint density at radius 2 is 1.77 bits per heavy atom. The fourth-order valence-electron chi connectivity index (χ4n) is 4.57. The number of piperidine rings is 1. The van der Waals surface area contributed by atoms with Gasteiger partial charge in [-0.25, -0.2) is 4.39 Å². The van der Waals surface area contributed by atoms with Crippen LogP contribution in [-0.2, 0) is 11.3 Å². The number of amides is 1. The van der Waals surface area contributed by atoms with Crippen LogP contribution < -0.4 is 9.64 Å². The van der Waals surface area contributed by atoms with Gasteiger partial charge in [0.25, 0.3) is 0 Å². The van der Waals surface area contributed by atoms with Crippen LogP contribution in [0, 0.1) is 11.7 Å². The second-order valence-corrected chi connectivity index (χ2v) is 8.18.